The Morgan fingerprint density at radius 3 is 2.89 bits per heavy atom. The summed E-state index contributed by atoms with van der Waals surface area (Å²) in [5, 5.41) is 8.67. The second-order valence-corrected chi connectivity index (χ2v) is 5.31. The number of aromatic nitrogens is 3. The van der Waals surface area contributed by atoms with Gasteiger partial charge in [-0.25, -0.2) is 4.98 Å². The highest BCUT2D eigenvalue weighted by molar-refractivity contribution is 6.30. The molecule has 2 heterocycles. The third kappa shape index (κ3) is 2.57. The fourth-order valence-electron chi connectivity index (χ4n) is 1.88. The number of aromatic amines is 1. The van der Waals surface area contributed by atoms with Crippen LogP contribution in [-0.2, 0) is 4.74 Å². The van der Waals surface area contributed by atoms with E-state index in [4.69, 9.17) is 16.3 Å². The predicted octanol–water partition coefficient (Wildman–Crippen LogP) is 2.47. The minimum absolute atomic E-state index is 0.236. The Hall–Kier alpha value is -1.33. The molecule has 0 saturated carbocycles. The van der Waals surface area contributed by atoms with Crippen LogP contribution in [-0.4, -0.2) is 41.5 Å². The molecule has 1 N–H and O–H groups in total. The van der Waals surface area contributed by atoms with Crippen LogP contribution in [0.4, 0.5) is 5.82 Å². The molecule has 0 radical (unpaired) electrons. The fraction of sp³-hybridized carbons (Fsp3) is 0.500. The molecule has 5 nitrogen and oxygen atoms in total. The maximum Gasteiger partial charge on any atom is 0.159 e. The van der Waals surface area contributed by atoms with Crippen LogP contribution in [0, 0.1) is 0 Å². The molecule has 0 aliphatic rings. The second-order valence-electron chi connectivity index (χ2n) is 4.92. The lowest BCUT2D eigenvalue weighted by Crippen LogP contribution is -2.38. The summed E-state index contributed by atoms with van der Waals surface area (Å²) in [4.78, 5) is 6.13. The summed E-state index contributed by atoms with van der Waals surface area (Å²) < 4.78 is 5.42. The molecule has 0 saturated heterocycles. The Kier molecular flexibility index (Phi) is 3.45. The quantitative estimate of drug-likeness (QED) is 0.866. The molecular formula is C12H17ClN4O. The van der Waals surface area contributed by atoms with E-state index >= 15 is 0 Å². The smallest absolute Gasteiger partial charge is 0.159 e. The van der Waals surface area contributed by atoms with Gasteiger partial charge in [0, 0.05) is 33.0 Å². The zero-order chi connectivity index (χ0) is 13.3. The van der Waals surface area contributed by atoms with E-state index in [2.05, 4.69) is 15.2 Å². The highest BCUT2D eigenvalue weighted by atomic mass is 35.5. The SMILES string of the molecule is COC(C)(C)CN(C)c1n[nH]c2cc(Cl)ncc12. The van der Waals surface area contributed by atoms with Crippen LogP contribution >= 0.6 is 11.6 Å². The lowest BCUT2D eigenvalue weighted by atomic mass is 10.1. The number of H-pyrrole nitrogens is 1. The van der Waals surface area contributed by atoms with Gasteiger partial charge in [0.2, 0.25) is 0 Å². The lowest BCUT2D eigenvalue weighted by Gasteiger charge is -2.29. The number of fused-ring (bicyclic) bond motifs is 1. The van der Waals surface area contributed by atoms with E-state index < -0.39 is 0 Å². The largest absolute Gasteiger partial charge is 0.377 e. The molecule has 0 fully saturated rings. The van der Waals surface area contributed by atoms with Gasteiger partial charge in [-0.15, -0.1) is 0 Å². The number of halogens is 1. The van der Waals surface area contributed by atoms with E-state index in [1.807, 2.05) is 25.8 Å². The van der Waals surface area contributed by atoms with E-state index in [9.17, 15) is 0 Å². The first-order chi connectivity index (χ1) is 8.43. The minimum atomic E-state index is -0.236. The Bertz CT molecular complexity index is 552. The van der Waals surface area contributed by atoms with Crippen molar-refractivity contribution < 1.29 is 4.74 Å². The summed E-state index contributed by atoms with van der Waals surface area (Å²) in [6.45, 7) is 4.80. The summed E-state index contributed by atoms with van der Waals surface area (Å²) in [6, 6.07) is 1.77. The molecule has 0 amide bonds. The van der Waals surface area contributed by atoms with Crippen molar-refractivity contribution in [2.75, 3.05) is 25.6 Å². The second kappa shape index (κ2) is 4.74. The van der Waals surface area contributed by atoms with Crippen LogP contribution in [0.2, 0.25) is 5.15 Å². The number of rotatable bonds is 4. The van der Waals surface area contributed by atoms with Crippen molar-refractivity contribution in [3.05, 3.63) is 17.4 Å². The first kappa shape index (κ1) is 13.1. The molecule has 0 aliphatic carbocycles. The molecule has 0 bridgehead atoms. The van der Waals surface area contributed by atoms with E-state index in [0.29, 0.717) is 5.15 Å². The number of pyridine rings is 1. The van der Waals surface area contributed by atoms with Gasteiger partial charge >= 0.3 is 0 Å². The molecule has 2 aromatic rings. The molecule has 98 valence electrons. The van der Waals surface area contributed by atoms with Crippen LogP contribution in [0.25, 0.3) is 10.9 Å². The fourth-order valence-corrected chi connectivity index (χ4v) is 2.03. The first-order valence-electron chi connectivity index (χ1n) is 5.69. The van der Waals surface area contributed by atoms with E-state index in [1.165, 1.54) is 0 Å². The van der Waals surface area contributed by atoms with Crippen molar-refractivity contribution in [3.63, 3.8) is 0 Å². The molecule has 18 heavy (non-hydrogen) atoms. The van der Waals surface area contributed by atoms with E-state index in [0.717, 1.165) is 23.3 Å². The third-order valence-electron chi connectivity index (χ3n) is 2.93. The number of ether oxygens (including phenoxy) is 1. The number of nitrogens with one attached hydrogen (secondary N) is 1. The maximum atomic E-state index is 5.84. The van der Waals surface area contributed by atoms with Crippen molar-refractivity contribution in [1.29, 1.82) is 0 Å². The molecule has 2 aromatic heterocycles. The molecule has 6 heteroatoms. The zero-order valence-electron chi connectivity index (χ0n) is 11.0. The molecule has 2 rings (SSSR count). The zero-order valence-corrected chi connectivity index (χ0v) is 11.7. The monoisotopic (exact) mass is 268 g/mol. The summed E-state index contributed by atoms with van der Waals surface area (Å²) >= 11 is 5.84. The van der Waals surface area contributed by atoms with Crippen LogP contribution in [0.5, 0.6) is 0 Å². The van der Waals surface area contributed by atoms with Gasteiger partial charge in [-0.2, -0.15) is 5.10 Å². The Morgan fingerprint density at radius 2 is 2.22 bits per heavy atom. The van der Waals surface area contributed by atoms with Crippen molar-refractivity contribution in [3.8, 4) is 0 Å². The highest BCUT2D eigenvalue weighted by Gasteiger charge is 2.21. The van der Waals surface area contributed by atoms with Gasteiger partial charge in [-0.1, -0.05) is 11.6 Å². The van der Waals surface area contributed by atoms with Gasteiger partial charge in [0.1, 0.15) is 5.15 Å². The summed E-state index contributed by atoms with van der Waals surface area (Å²) in [7, 11) is 3.68. The topological polar surface area (TPSA) is 54.0 Å². The van der Waals surface area contributed by atoms with E-state index in [-0.39, 0.29) is 5.60 Å². The molecule has 0 spiro atoms. The van der Waals surface area contributed by atoms with Crippen molar-refractivity contribution in [2.45, 2.75) is 19.4 Å². The number of hydrogen-bond acceptors (Lipinski definition) is 4. The average molecular weight is 269 g/mol. The Labute approximate surface area is 111 Å². The van der Waals surface area contributed by atoms with Crippen molar-refractivity contribution in [2.24, 2.45) is 0 Å². The van der Waals surface area contributed by atoms with E-state index in [1.54, 1.807) is 19.4 Å². The number of nitrogens with zero attached hydrogens (tertiary/aromatic N) is 3. The number of hydrogen-bond donors (Lipinski definition) is 1. The highest BCUT2D eigenvalue weighted by Crippen LogP contribution is 2.25. The Balaban J connectivity index is 2.31. The number of anilines is 1. The van der Waals surface area contributed by atoms with Crippen LogP contribution in [0.3, 0.4) is 0 Å². The summed E-state index contributed by atoms with van der Waals surface area (Å²) in [6.07, 6.45) is 1.73. The van der Waals surface area contributed by atoms with Gasteiger partial charge in [0.25, 0.3) is 0 Å². The summed E-state index contributed by atoms with van der Waals surface area (Å²) in [5.41, 5.74) is 0.645. The lowest BCUT2D eigenvalue weighted by molar-refractivity contribution is 0.0298. The summed E-state index contributed by atoms with van der Waals surface area (Å²) in [5.74, 6) is 0.847. The van der Waals surface area contributed by atoms with Crippen molar-refractivity contribution >= 4 is 28.3 Å². The molecule has 0 unspecified atom stereocenters. The van der Waals surface area contributed by atoms with Crippen molar-refractivity contribution in [1.82, 2.24) is 15.2 Å². The normalized spacial score (nSPS) is 12.1. The average Bonchev–Trinajstić information content (AvgIpc) is 2.71. The van der Waals surface area contributed by atoms with Gasteiger partial charge in [-0.3, -0.25) is 5.10 Å². The van der Waals surface area contributed by atoms with Gasteiger partial charge in [-0.05, 0) is 13.8 Å². The molecule has 0 atom stereocenters. The first-order valence-corrected chi connectivity index (χ1v) is 6.06. The van der Waals surface area contributed by atoms with Crippen LogP contribution < -0.4 is 4.90 Å². The molecular weight excluding hydrogens is 252 g/mol. The van der Waals surface area contributed by atoms with Gasteiger partial charge < -0.3 is 9.64 Å². The Morgan fingerprint density at radius 1 is 1.50 bits per heavy atom. The number of likely N-dealkylation sites (N-methyl/N-ethyl adjacent to an activating group) is 1. The van der Waals surface area contributed by atoms with Gasteiger partial charge in [0.05, 0.1) is 16.5 Å². The molecule has 0 aliphatic heterocycles. The molecule has 0 aromatic carbocycles. The standard InChI is InChI=1S/C12H17ClN4O/c1-12(2,18-4)7-17(3)11-8-6-14-10(13)5-9(8)15-16-11/h5-6H,7H2,1-4H3,(H,15,16). The number of methoxy groups -OCH3 is 1. The van der Waals surface area contributed by atoms with Crippen LogP contribution in [0.15, 0.2) is 12.3 Å². The van der Waals surface area contributed by atoms with Crippen LogP contribution in [0.1, 0.15) is 13.8 Å². The minimum Gasteiger partial charge on any atom is -0.377 e. The van der Waals surface area contributed by atoms with Gasteiger partial charge in [0.15, 0.2) is 5.82 Å². The maximum absolute atomic E-state index is 5.84. The predicted molar refractivity (Wildman–Crippen MR) is 73.3 cm³/mol. The third-order valence-corrected chi connectivity index (χ3v) is 3.13.